The van der Waals surface area contributed by atoms with Gasteiger partial charge >= 0.3 is 6.18 Å². The smallest absolute Gasteiger partial charge is 0.416 e. The SMILES string of the molecule is Cc1ccc(S(=O)(=O)c2ccc(Oc3ccc(C(F)(F)F)cc3Cl)cc2OCC#N)cc1. The molecule has 0 saturated heterocycles. The summed E-state index contributed by atoms with van der Waals surface area (Å²) in [7, 11) is -3.98. The average Bonchev–Trinajstić information content (AvgIpc) is 2.73. The van der Waals surface area contributed by atoms with Gasteiger partial charge in [-0.1, -0.05) is 29.3 Å². The predicted octanol–water partition coefficient (Wildman–Crippen LogP) is 6.19. The van der Waals surface area contributed by atoms with Crippen molar-refractivity contribution in [3.63, 3.8) is 0 Å². The van der Waals surface area contributed by atoms with Gasteiger partial charge in [0.05, 0.1) is 15.5 Å². The highest BCUT2D eigenvalue weighted by Gasteiger charge is 2.31. The molecule has 0 aliphatic rings. The van der Waals surface area contributed by atoms with E-state index in [1.165, 1.54) is 30.3 Å². The number of sulfone groups is 1. The van der Waals surface area contributed by atoms with Crippen molar-refractivity contribution >= 4 is 21.4 Å². The second-order valence-corrected chi connectivity index (χ2v) is 8.94. The van der Waals surface area contributed by atoms with Crippen molar-refractivity contribution < 1.29 is 31.1 Å². The fourth-order valence-corrected chi connectivity index (χ4v) is 4.33. The Morgan fingerprint density at radius 1 is 1.00 bits per heavy atom. The van der Waals surface area contributed by atoms with Crippen LogP contribution in [0.5, 0.6) is 17.2 Å². The van der Waals surface area contributed by atoms with Crippen LogP contribution in [0.15, 0.2) is 70.5 Å². The number of aryl methyl sites for hydroxylation is 1. The van der Waals surface area contributed by atoms with Gasteiger partial charge in [0.2, 0.25) is 9.84 Å². The zero-order valence-corrected chi connectivity index (χ0v) is 18.1. The monoisotopic (exact) mass is 481 g/mol. The van der Waals surface area contributed by atoms with Crippen molar-refractivity contribution in [2.45, 2.75) is 22.9 Å². The molecule has 0 spiro atoms. The molecule has 10 heteroatoms. The third-order valence-electron chi connectivity index (χ3n) is 4.32. The maximum atomic E-state index is 13.1. The van der Waals surface area contributed by atoms with Crippen LogP contribution in [0.4, 0.5) is 13.2 Å². The molecule has 0 aliphatic heterocycles. The number of nitriles is 1. The molecule has 0 aliphatic carbocycles. The molecule has 0 saturated carbocycles. The van der Waals surface area contributed by atoms with Gasteiger partial charge in [0.15, 0.2) is 6.61 Å². The van der Waals surface area contributed by atoms with E-state index in [4.69, 9.17) is 26.3 Å². The summed E-state index contributed by atoms with van der Waals surface area (Å²) in [5, 5.41) is 8.55. The highest BCUT2D eigenvalue weighted by molar-refractivity contribution is 7.91. The van der Waals surface area contributed by atoms with Gasteiger partial charge < -0.3 is 9.47 Å². The van der Waals surface area contributed by atoms with Gasteiger partial charge in [-0.2, -0.15) is 18.4 Å². The quantitative estimate of drug-likeness (QED) is 0.419. The second kappa shape index (κ2) is 9.10. The minimum Gasteiger partial charge on any atom is -0.477 e. The zero-order chi connectivity index (χ0) is 23.5. The summed E-state index contributed by atoms with van der Waals surface area (Å²) in [6.07, 6.45) is -4.56. The third kappa shape index (κ3) is 5.15. The number of halogens is 4. The van der Waals surface area contributed by atoms with Gasteiger partial charge in [-0.25, -0.2) is 8.42 Å². The molecule has 32 heavy (non-hydrogen) atoms. The lowest BCUT2D eigenvalue weighted by Crippen LogP contribution is -2.06. The molecular weight excluding hydrogens is 467 g/mol. The van der Waals surface area contributed by atoms with Crippen LogP contribution in [0.1, 0.15) is 11.1 Å². The number of rotatable bonds is 6. The summed E-state index contributed by atoms with van der Waals surface area (Å²) in [6, 6.07) is 14.3. The molecule has 0 bridgehead atoms. The number of hydrogen-bond acceptors (Lipinski definition) is 5. The molecule has 0 amide bonds. The van der Waals surface area contributed by atoms with Gasteiger partial charge in [-0.15, -0.1) is 0 Å². The van der Waals surface area contributed by atoms with Gasteiger partial charge in [0.1, 0.15) is 28.2 Å². The number of hydrogen-bond donors (Lipinski definition) is 0. The number of ether oxygens (including phenoxy) is 2. The van der Waals surface area contributed by atoms with Crippen LogP contribution < -0.4 is 9.47 Å². The van der Waals surface area contributed by atoms with E-state index in [9.17, 15) is 21.6 Å². The van der Waals surface area contributed by atoms with Crippen molar-refractivity contribution in [1.29, 1.82) is 5.26 Å². The van der Waals surface area contributed by atoms with E-state index in [0.717, 1.165) is 23.8 Å². The second-order valence-electron chi connectivity index (χ2n) is 6.62. The molecule has 0 fully saturated rings. The Morgan fingerprint density at radius 3 is 2.28 bits per heavy atom. The molecule has 0 aromatic heterocycles. The Bertz CT molecular complexity index is 1280. The van der Waals surface area contributed by atoms with Crippen LogP contribution in [0.3, 0.4) is 0 Å². The molecule has 0 atom stereocenters. The van der Waals surface area contributed by atoms with E-state index in [1.54, 1.807) is 18.2 Å². The molecule has 3 aromatic rings. The number of nitrogens with zero attached hydrogens (tertiary/aromatic N) is 1. The first-order valence-electron chi connectivity index (χ1n) is 9.02. The lowest BCUT2D eigenvalue weighted by atomic mass is 10.2. The number of benzene rings is 3. The van der Waals surface area contributed by atoms with Gasteiger partial charge in [-0.3, -0.25) is 0 Å². The van der Waals surface area contributed by atoms with Gasteiger partial charge in [0, 0.05) is 6.07 Å². The lowest BCUT2D eigenvalue weighted by molar-refractivity contribution is -0.137. The van der Waals surface area contributed by atoms with Gasteiger partial charge in [0.25, 0.3) is 0 Å². The highest BCUT2D eigenvalue weighted by Crippen LogP contribution is 2.38. The van der Waals surface area contributed by atoms with Crippen molar-refractivity contribution in [2.24, 2.45) is 0 Å². The van der Waals surface area contributed by atoms with E-state index < -0.39 is 28.2 Å². The Balaban J connectivity index is 1.99. The maximum Gasteiger partial charge on any atom is 0.416 e. The molecule has 5 nitrogen and oxygen atoms in total. The first-order valence-corrected chi connectivity index (χ1v) is 10.9. The first-order chi connectivity index (χ1) is 15.0. The third-order valence-corrected chi connectivity index (χ3v) is 6.42. The normalized spacial score (nSPS) is 11.6. The Kier molecular flexibility index (Phi) is 6.67. The summed E-state index contributed by atoms with van der Waals surface area (Å²) in [5.41, 5.74) is -0.0606. The molecule has 3 aromatic carbocycles. The number of alkyl halides is 3. The van der Waals surface area contributed by atoms with Crippen LogP contribution in [0, 0.1) is 18.3 Å². The van der Waals surface area contributed by atoms with Crippen molar-refractivity contribution in [3.05, 3.63) is 76.8 Å². The Hall–Kier alpha value is -3.22. The van der Waals surface area contributed by atoms with E-state index in [2.05, 4.69) is 0 Å². The van der Waals surface area contributed by atoms with Crippen molar-refractivity contribution in [2.75, 3.05) is 6.61 Å². The van der Waals surface area contributed by atoms with E-state index in [1.807, 2.05) is 6.92 Å². The fraction of sp³-hybridized carbons (Fsp3) is 0.136. The van der Waals surface area contributed by atoms with E-state index in [0.29, 0.717) is 0 Å². The van der Waals surface area contributed by atoms with Crippen LogP contribution >= 0.6 is 11.6 Å². The Labute approximate surface area is 187 Å². The standard InChI is InChI=1S/C22H15ClF3NO4S/c1-14-2-6-17(7-3-14)32(28,29)21-9-5-16(13-20(21)30-11-10-27)31-19-8-4-15(12-18(19)23)22(24,25)26/h2-9,12-13H,11H2,1H3. The van der Waals surface area contributed by atoms with Crippen LogP contribution in [0.2, 0.25) is 5.02 Å². The summed E-state index contributed by atoms with van der Waals surface area (Å²) in [5.74, 6) is -0.157. The minimum absolute atomic E-state index is 0.0318. The summed E-state index contributed by atoms with van der Waals surface area (Å²) in [4.78, 5) is -0.160. The fourth-order valence-electron chi connectivity index (χ4n) is 2.73. The molecule has 166 valence electrons. The van der Waals surface area contributed by atoms with Crippen molar-refractivity contribution in [3.8, 4) is 23.3 Å². The highest BCUT2D eigenvalue weighted by atomic mass is 35.5. The minimum atomic E-state index is -4.56. The van der Waals surface area contributed by atoms with E-state index >= 15 is 0 Å². The van der Waals surface area contributed by atoms with E-state index in [-0.39, 0.29) is 32.1 Å². The molecule has 0 N–H and O–H groups in total. The van der Waals surface area contributed by atoms with Gasteiger partial charge in [-0.05, 0) is 49.4 Å². The summed E-state index contributed by atoms with van der Waals surface area (Å²) in [6.45, 7) is 1.39. The van der Waals surface area contributed by atoms with Crippen molar-refractivity contribution in [1.82, 2.24) is 0 Å². The summed E-state index contributed by atoms with van der Waals surface area (Å²) >= 11 is 5.91. The molecule has 3 rings (SSSR count). The molecule has 0 radical (unpaired) electrons. The topological polar surface area (TPSA) is 76.4 Å². The first kappa shape index (κ1) is 23.4. The summed E-state index contributed by atoms with van der Waals surface area (Å²) < 4.78 is 75.4. The molecular formula is C22H15ClF3NO4S. The van der Waals surface area contributed by atoms with Crippen LogP contribution in [-0.2, 0) is 16.0 Å². The maximum absolute atomic E-state index is 13.1. The lowest BCUT2D eigenvalue weighted by Gasteiger charge is -2.14. The van der Waals surface area contributed by atoms with Crippen LogP contribution in [0.25, 0.3) is 0 Å². The largest absolute Gasteiger partial charge is 0.477 e. The average molecular weight is 482 g/mol. The predicted molar refractivity (Wildman–Crippen MR) is 111 cm³/mol. The zero-order valence-electron chi connectivity index (χ0n) is 16.5. The Morgan fingerprint density at radius 2 is 1.69 bits per heavy atom. The molecule has 0 unspecified atom stereocenters. The molecule has 0 heterocycles. The van der Waals surface area contributed by atoms with Crippen LogP contribution in [-0.4, -0.2) is 15.0 Å².